The zero-order valence-electron chi connectivity index (χ0n) is 12.6. The third kappa shape index (κ3) is 3.03. The molecule has 0 bridgehead atoms. The first-order valence-electron chi connectivity index (χ1n) is 7.46. The number of nitrogens with one attached hydrogen (secondary N) is 1. The van der Waals surface area contributed by atoms with Crippen LogP contribution in [0.15, 0.2) is 0 Å². The molecule has 112 valence electrons. The molecule has 1 aliphatic carbocycles. The predicted molar refractivity (Wildman–Crippen MR) is 77.6 cm³/mol. The van der Waals surface area contributed by atoms with Gasteiger partial charge in [0.1, 0.15) is 0 Å². The van der Waals surface area contributed by atoms with Crippen LogP contribution >= 0.6 is 0 Å². The van der Waals surface area contributed by atoms with E-state index < -0.39 is 0 Å². The molecular weight excluding hydrogens is 254 g/mol. The molecule has 1 aliphatic rings. The first kappa shape index (κ1) is 15.0. The van der Waals surface area contributed by atoms with Gasteiger partial charge in [0, 0.05) is 31.3 Å². The molecule has 20 heavy (non-hydrogen) atoms. The third-order valence-corrected chi connectivity index (χ3v) is 4.45. The van der Waals surface area contributed by atoms with Gasteiger partial charge in [-0.2, -0.15) is 5.10 Å². The number of aliphatic hydroxyl groups excluding tert-OH is 1. The second-order valence-electron chi connectivity index (χ2n) is 5.83. The lowest BCUT2D eigenvalue weighted by molar-refractivity contribution is 0.0898. The number of amides is 1. The fraction of sp³-hybridized carbons (Fsp3) is 0.733. The highest BCUT2D eigenvalue weighted by Gasteiger charge is 2.26. The summed E-state index contributed by atoms with van der Waals surface area (Å²) < 4.78 is 1.74. The van der Waals surface area contributed by atoms with Gasteiger partial charge in [-0.3, -0.25) is 9.48 Å². The normalized spacial score (nSPS) is 23.4. The minimum absolute atomic E-state index is 0.0570. The van der Waals surface area contributed by atoms with Crippen molar-refractivity contribution in [3.8, 4) is 0 Å². The number of carbonyl (C=O) groups is 1. The molecular formula is C15H25N3O2. The Labute approximate surface area is 120 Å². The Morgan fingerprint density at radius 2 is 2.05 bits per heavy atom. The molecule has 1 heterocycles. The second kappa shape index (κ2) is 6.39. The maximum Gasteiger partial charge on any atom is 0.255 e. The van der Waals surface area contributed by atoms with Crippen molar-refractivity contribution in [1.29, 1.82) is 0 Å². The summed E-state index contributed by atoms with van der Waals surface area (Å²) in [6, 6.07) is 0.0778. The molecule has 5 heteroatoms. The van der Waals surface area contributed by atoms with Gasteiger partial charge in [-0.25, -0.2) is 0 Å². The number of aliphatic hydroxyl groups is 1. The van der Waals surface area contributed by atoms with Crippen LogP contribution in [0.4, 0.5) is 0 Å². The summed E-state index contributed by atoms with van der Waals surface area (Å²) in [6.45, 7) is 3.92. The Morgan fingerprint density at radius 3 is 2.65 bits per heavy atom. The van der Waals surface area contributed by atoms with E-state index in [1.807, 2.05) is 20.9 Å². The molecule has 0 radical (unpaired) electrons. The van der Waals surface area contributed by atoms with Crippen molar-refractivity contribution >= 4 is 5.91 Å². The zero-order valence-corrected chi connectivity index (χ0v) is 12.6. The summed E-state index contributed by atoms with van der Waals surface area (Å²) in [6.07, 6.45) is 5.39. The van der Waals surface area contributed by atoms with Crippen molar-refractivity contribution in [2.45, 2.75) is 52.0 Å². The summed E-state index contributed by atoms with van der Waals surface area (Å²) in [4.78, 5) is 12.5. The lowest BCUT2D eigenvalue weighted by Crippen LogP contribution is -2.41. The van der Waals surface area contributed by atoms with Crippen molar-refractivity contribution in [2.75, 3.05) is 6.61 Å². The average Bonchev–Trinajstić information content (AvgIpc) is 2.58. The van der Waals surface area contributed by atoms with Crippen LogP contribution in [0.2, 0.25) is 0 Å². The van der Waals surface area contributed by atoms with Crippen molar-refractivity contribution in [2.24, 2.45) is 13.0 Å². The van der Waals surface area contributed by atoms with Crippen LogP contribution < -0.4 is 5.32 Å². The van der Waals surface area contributed by atoms with Crippen LogP contribution in [-0.2, 0) is 7.05 Å². The standard InChI is InChI=1S/C15H25N3O2/c1-10-14(11(2)18(3)17-10)15(20)16-13-8-6-4-5-7-12(13)9-19/h12-13,19H,4-9H2,1-3H3,(H,16,20). The summed E-state index contributed by atoms with van der Waals surface area (Å²) in [5, 5.41) is 16.9. The van der Waals surface area contributed by atoms with E-state index in [1.54, 1.807) is 4.68 Å². The van der Waals surface area contributed by atoms with Crippen molar-refractivity contribution in [1.82, 2.24) is 15.1 Å². The first-order chi connectivity index (χ1) is 9.54. The fourth-order valence-electron chi connectivity index (χ4n) is 3.14. The maximum atomic E-state index is 12.5. The molecule has 0 aliphatic heterocycles. The van der Waals surface area contributed by atoms with Gasteiger partial charge in [-0.1, -0.05) is 19.3 Å². The molecule has 2 unspecified atom stereocenters. The number of nitrogens with zero attached hydrogens (tertiary/aromatic N) is 2. The molecule has 1 saturated carbocycles. The van der Waals surface area contributed by atoms with E-state index in [4.69, 9.17) is 0 Å². The van der Waals surface area contributed by atoms with Gasteiger partial charge < -0.3 is 10.4 Å². The highest BCUT2D eigenvalue weighted by molar-refractivity contribution is 5.96. The van der Waals surface area contributed by atoms with Gasteiger partial charge >= 0.3 is 0 Å². The van der Waals surface area contributed by atoms with Gasteiger partial charge in [0.15, 0.2) is 0 Å². The van der Waals surface area contributed by atoms with Gasteiger partial charge in [-0.15, -0.1) is 0 Å². The summed E-state index contributed by atoms with van der Waals surface area (Å²) in [7, 11) is 1.85. The van der Waals surface area contributed by atoms with Crippen molar-refractivity contribution < 1.29 is 9.90 Å². The molecule has 0 spiro atoms. The lowest BCUT2D eigenvalue weighted by Gasteiger charge is -2.24. The molecule has 1 aromatic heterocycles. The molecule has 2 N–H and O–H groups in total. The van der Waals surface area contributed by atoms with E-state index in [1.165, 1.54) is 6.42 Å². The number of hydrogen-bond acceptors (Lipinski definition) is 3. The highest BCUT2D eigenvalue weighted by Crippen LogP contribution is 2.24. The van der Waals surface area contributed by atoms with Gasteiger partial charge in [-0.05, 0) is 26.7 Å². The molecule has 2 atom stereocenters. The van der Waals surface area contributed by atoms with Crippen LogP contribution in [0, 0.1) is 19.8 Å². The zero-order chi connectivity index (χ0) is 14.7. The van der Waals surface area contributed by atoms with Gasteiger partial charge in [0.2, 0.25) is 0 Å². The number of rotatable bonds is 3. The minimum atomic E-state index is -0.0570. The Kier molecular flexibility index (Phi) is 4.81. The Hall–Kier alpha value is -1.36. The summed E-state index contributed by atoms with van der Waals surface area (Å²) in [5.41, 5.74) is 2.32. The van der Waals surface area contributed by atoms with E-state index in [0.717, 1.165) is 37.1 Å². The smallest absolute Gasteiger partial charge is 0.255 e. The maximum absolute atomic E-state index is 12.5. The van der Waals surface area contributed by atoms with Crippen molar-refractivity contribution in [3.63, 3.8) is 0 Å². The molecule has 1 amide bonds. The van der Waals surface area contributed by atoms with Crippen LogP contribution in [0.3, 0.4) is 0 Å². The summed E-state index contributed by atoms with van der Waals surface area (Å²) in [5.74, 6) is 0.122. The topological polar surface area (TPSA) is 67.2 Å². The second-order valence-corrected chi connectivity index (χ2v) is 5.83. The van der Waals surface area contributed by atoms with E-state index in [0.29, 0.717) is 5.56 Å². The quantitative estimate of drug-likeness (QED) is 0.828. The molecule has 5 nitrogen and oxygen atoms in total. The minimum Gasteiger partial charge on any atom is -0.396 e. The van der Waals surface area contributed by atoms with Crippen molar-refractivity contribution in [3.05, 3.63) is 17.0 Å². The monoisotopic (exact) mass is 279 g/mol. The average molecular weight is 279 g/mol. The first-order valence-corrected chi connectivity index (χ1v) is 7.46. The van der Waals surface area contributed by atoms with Crippen LogP contribution in [0.25, 0.3) is 0 Å². The fourth-order valence-corrected chi connectivity index (χ4v) is 3.14. The van der Waals surface area contributed by atoms with Crippen LogP contribution in [0.1, 0.15) is 53.8 Å². The number of aryl methyl sites for hydroxylation is 2. The van der Waals surface area contributed by atoms with E-state index in [9.17, 15) is 9.90 Å². The third-order valence-electron chi connectivity index (χ3n) is 4.45. The Morgan fingerprint density at radius 1 is 1.35 bits per heavy atom. The van der Waals surface area contributed by atoms with Crippen LogP contribution in [-0.4, -0.2) is 33.4 Å². The number of carbonyl (C=O) groups excluding carboxylic acids is 1. The van der Waals surface area contributed by atoms with Crippen LogP contribution in [0.5, 0.6) is 0 Å². The molecule has 1 aromatic rings. The molecule has 2 rings (SSSR count). The lowest BCUT2D eigenvalue weighted by atomic mass is 9.95. The Balaban J connectivity index is 2.13. The molecule has 0 saturated heterocycles. The number of hydrogen-bond donors (Lipinski definition) is 2. The number of aromatic nitrogens is 2. The SMILES string of the molecule is Cc1nn(C)c(C)c1C(=O)NC1CCCCCC1CO. The van der Waals surface area contributed by atoms with Gasteiger partial charge in [0.05, 0.1) is 11.3 Å². The van der Waals surface area contributed by atoms with E-state index >= 15 is 0 Å². The Bertz CT molecular complexity index is 482. The highest BCUT2D eigenvalue weighted by atomic mass is 16.3. The van der Waals surface area contributed by atoms with Gasteiger partial charge in [0.25, 0.3) is 5.91 Å². The summed E-state index contributed by atoms with van der Waals surface area (Å²) >= 11 is 0. The van der Waals surface area contributed by atoms with E-state index in [-0.39, 0.29) is 24.5 Å². The van der Waals surface area contributed by atoms with E-state index in [2.05, 4.69) is 10.4 Å². The predicted octanol–water partition coefficient (Wildman–Crippen LogP) is 1.71. The molecule has 1 fully saturated rings. The molecule has 0 aromatic carbocycles. The largest absolute Gasteiger partial charge is 0.396 e.